The number of benzene rings is 1. The zero-order valence-electron chi connectivity index (χ0n) is 15.3. The van der Waals surface area contributed by atoms with Gasteiger partial charge >= 0.3 is 0 Å². The fraction of sp³-hybridized carbons (Fsp3) is 0.389. The number of aromatic nitrogens is 1. The quantitative estimate of drug-likeness (QED) is 0.732. The molecule has 10 heteroatoms. The van der Waals surface area contributed by atoms with Gasteiger partial charge in [-0.2, -0.15) is 0 Å². The van der Waals surface area contributed by atoms with Crippen molar-refractivity contribution in [3.63, 3.8) is 0 Å². The topological polar surface area (TPSA) is 128 Å². The summed E-state index contributed by atoms with van der Waals surface area (Å²) in [6.07, 6.45) is 1.27. The van der Waals surface area contributed by atoms with Crippen LogP contribution in [0.2, 0.25) is 0 Å². The molecular weight excluding hydrogens is 389 g/mol. The number of carbonyl (C=O) groups excluding carboxylic acids is 2. The number of ether oxygens (including phenoxy) is 1. The molecule has 3 atom stereocenters. The summed E-state index contributed by atoms with van der Waals surface area (Å²) in [4.78, 5) is 27.1. The number of nitrogens with zero attached hydrogens (tertiary/aromatic N) is 1. The standard InChI is InChI=1S/C18H20FN3O5S/c1-3-10-13(22-17(24)15(10)19)8-27-18-11-7-14(28(2,25)26)12(16(20)23)6-9(11)4-5-21-18/h4-7,10,13,15H,3,8H2,1-2H3,(H2,20,23)(H,22,24)/t10-,13+,15-/m0/s1. The first-order chi connectivity index (χ1) is 13.1. The highest BCUT2D eigenvalue weighted by atomic mass is 32.2. The summed E-state index contributed by atoms with van der Waals surface area (Å²) in [5.74, 6) is -1.94. The van der Waals surface area contributed by atoms with E-state index in [0.717, 1.165) is 6.26 Å². The van der Waals surface area contributed by atoms with Gasteiger partial charge in [0.15, 0.2) is 16.0 Å². The smallest absolute Gasteiger partial charge is 0.255 e. The molecule has 2 heterocycles. The van der Waals surface area contributed by atoms with Crippen molar-refractivity contribution in [2.45, 2.75) is 30.5 Å². The monoisotopic (exact) mass is 409 g/mol. The molecule has 0 saturated carbocycles. The second-order valence-corrected chi connectivity index (χ2v) is 8.71. The number of primary amides is 1. The van der Waals surface area contributed by atoms with Crippen LogP contribution in [-0.4, -0.2) is 50.3 Å². The van der Waals surface area contributed by atoms with Crippen LogP contribution in [0.1, 0.15) is 23.7 Å². The number of hydrogen-bond acceptors (Lipinski definition) is 6. The number of alkyl halides is 1. The van der Waals surface area contributed by atoms with Crippen LogP contribution in [0.4, 0.5) is 4.39 Å². The third-order valence-electron chi connectivity index (χ3n) is 4.83. The van der Waals surface area contributed by atoms with E-state index in [2.05, 4.69) is 10.3 Å². The second-order valence-electron chi connectivity index (χ2n) is 6.72. The van der Waals surface area contributed by atoms with Gasteiger partial charge in [0.05, 0.1) is 16.5 Å². The van der Waals surface area contributed by atoms with Crippen LogP contribution in [0, 0.1) is 5.92 Å². The molecule has 0 aliphatic carbocycles. The number of halogens is 1. The molecule has 1 aliphatic heterocycles. The van der Waals surface area contributed by atoms with E-state index in [0.29, 0.717) is 17.2 Å². The van der Waals surface area contributed by atoms with E-state index in [4.69, 9.17) is 10.5 Å². The number of nitrogens with two attached hydrogens (primary N) is 1. The molecule has 8 nitrogen and oxygen atoms in total. The normalized spacial score (nSPS) is 22.2. The SMILES string of the molecule is CC[C@@H]1[C@H](F)C(=O)N[C@@H]1COc1nccc2cc(C(N)=O)c(S(C)(=O)=O)cc12. The van der Waals surface area contributed by atoms with Crippen molar-refractivity contribution in [2.75, 3.05) is 12.9 Å². The number of nitrogens with one attached hydrogen (secondary N) is 1. The van der Waals surface area contributed by atoms with E-state index in [1.165, 1.54) is 18.3 Å². The molecule has 0 spiro atoms. The van der Waals surface area contributed by atoms with Crippen molar-refractivity contribution in [2.24, 2.45) is 11.7 Å². The van der Waals surface area contributed by atoms with E-state index in [-0.39, 0.29) is 22.9 Å². The molecule has 1 aliphatic rings. The Morgan fingerprint density at radius 3 is 2.71 bits per heavy atom. The van der Waals surface area contributed by atoms with Gasteiger partial charge in [0.25, 0.3) is 5.91 Å². The summed E-state index contributed by atoms with van der Waals surface area (Å²) >= 11 is 0. The zero-order valence-corrected chi connectivity index (χ0v) is 16.1. The first kappa shape index (κ1) is 20.0. The second kappa shape index (κ2) is 7.34. The van der Waals surface area contributed by atoms with Gasteiger partial charge in [-0.25, -0.2) is 17.8 Å². The average molecular weight is 409 g/mol. The molecule has 1 aromatic carbocycles. The molecule has 1 saturated heterocycles. The third-order valence-corrected chi connectivity index (χ3v) is 5.97. The van der Waals surface area contributed by atoms with E-state index in [1.54, 1.807) is 13.0 Å². The molecule has 3 rings (SSSR count). The molecule has 1 aromatic heterocycles. The lowest BCUT2D eigenvalue weighted by Gasteiger charge is -2.19. The lowest BCUT2D eigenvalue weighted by atomic mass is 9.97. The van der Waals surface area contributed by atoms with Crippen molar-refractivity contribution >= 4 is 32.4 Å². The van der Waals surface area contributed by atoms with Gasteiger partial charge in [0.1, 0.15) is 6.61 Å². The Bertz CT molecular complexity index is 1060. The van der Waals surface area contributed by atoms with Crippen molar-refractivity contribution in [3.05, 3.63) is 30.0 Å². The van der Waals surface area contributed by atoms with Gasteiger partial charge in [-0.15, -0.1) is 0 Å². The highest BCUT2D eigenvalue weighted by Crippen LogP contribution is 2.30. The number of amides is 2. The Balaban J connectivity index is 1.98. The molecule has 0 radical (unpaired) electrons. The molecule has 150 valence electrons. The maximum Gasteiger partial charge on any atom is 0.255 e. The summed E-state index contributed by atoms with van der Waals surface area (Å²) in [5, 5.41) is 3.43. The molecule has 3 N–H and O–H groups in total. The number of hydrogen-bond donors (Lipinski definition) is 2. The van der Waals surface area contributed by atoms with Crippen LogP contribution in [0.25, 0.3) is 10.8 Å². The van der Waals surface area contributed by atoms with Gasteiger partial charge in [-0.05, 0) is 30.0 Å². The van der Waals surface area contributed by atoms with E-state index in [9.17, 15) is 22.4 Å². The molecule has 2 amide bonds. The number of carbonyl (C=O) groups is 2. The fourth-order valence-corrected chi connectivity index (χ4v) is 4.27. The largest absolute Gasteiger partial charge is 0.475 e. The van der Waals surface area contributed by atoms with Crippen LogP contribution < -0.4 is 15.8 Å². The Hall–Kier alpha value is -2.75. The summed E-state index contributed by atoms with van der Waals surface area (Å²) in [5.41, 5.74) is 5.19. The molecular formula is C18H20FN3O5S. The predicted molar refractivity (Wildman–Crippen MR) is 99.5 cm³/mol. The molecule has 0 bridgehead atoms. The van der Waals surface area contributed by atoms with Crippen molar-refractivity contribution in [3.8, 4) is 5.88 Å². The molecule has 2 aromatic rings. The first-order valence-electron chi connectivity index (χ1n) is 8.63. The van der Waals surface area contributed by atoms with Crippen LogP contribution in [0.3, 0.4) is 0 Å². The summed E-state index contributed by atoms with van der Waals surface area (Å²) in [6, 6.07) is 3.72. The molecule has 1 fully saturated rings. The van der Waals surface area contributed by atoms with Crippen molar-refractivity contribution in [1.82, 2.24) is 10.3 Å². The van der Waals surface area contributed by atoms with Crippen LogP contribution in [-0.2, 0) is 14.6 Å². The molecule has 0 unspecified atom stereocenters. The van der Waals surface area contributed by atoms with E-state index < -0.39 is 39.8 Å². The van der Waals surface area contributed by atoms with Crippen LogP contribution in [0.15, 0.2) is 29.3 Å². The highest BCUT2D eigenvalue weighted by molar-refractivity contribution is 7.90. The minimum absolute atomic E-state index is 0.0252. The number of rotatable bonds is 6. The average Bonchev–Trinajstić information content (AvgIpc) is 2.91. The van der Waals surface area contributed by atoms with E-state index in [1.807, 2.05) is 0 Å². The van der Waals surface area contributed by atoms with Crippen LogP contribution in [0.5, 0.6) is 5.88 Å². The summed E-state index contributed by atoms with van der Waals surface area (Å²) in [6.45, 7) is 1.76. The maximum atomic E-state index is 13.9. The summed E-state index contributed by atoms with van der Waals surface area (Å²) < 4.78 is 43.8. The number of sulfone groups is 1. The van der Waals surface area contributed by atoms with Crippen molar-refractivity contribution in [1.29, 1.82) is 0 Å². The van der Waals surface area contributed by atoms with Gasteiger partial charge in [-0.3, -0.25) is 9.59 Å². The minimum Gasteiger partial charge on any atom is -0.475 e. The zero-order chi connectivity index (χ0) is 20.6. The number of fused-ring (bicyclic) bond motifs is 1. The first-order valence-corrected chi connectivity index (χ1v) is 10.5. The predicted octanol–water partition coefficient (Wildman–Crippen LogP) is 0.979. The third kappa shape index (κ3) is 3.64. The maximum absolute atomic E-state index is 13.9. The lowest BCUT2D eigenvalue weighted by molar-refractivity contribution is -0.123. The highest BCUT2D eigenvalue weighted by Gasteiger charge is 2.41. The van der Waals surface area contributed by atoms with Gasteiger partial charge in [0, 0.05) is 23.8 Å². The Morgan fingerprint density at radius 2 is 2.11 bits per heavy atom. The Morgan fingerprint density at radius 1 is 1.39 bits per heavy atom. The molecule has 28 heavy (non-hydrogen) atoms. The van der Waals surface area contributed by atoms with Gasteiger partial charge in [0.2, 0.25) is 11.8 Å². The number of pyridine rings is 1. The Labute approximate surface area is 161 Å². The van der Waals surface area contributed by atoms with Gasteiger partial charge < -0.3 is 15.8 Å². The van der Waals surface area contributed by atoms with Crippen molar-refractivity contribution < 1.29 is 27.1 Å². The summed E-state index contributed by atoms with van der Waals surface area (Å²) in [7, 11) is -3.74. The minimum atomic E-state index is -3.74. The Kier molecular flexibility index (Phi) is 5.24. The van der Waals surface area contributed by atoms with Crippen LogP contribution >= 0.6 is 0 Å². The van der Waals surface area contributed by atoms with Gasteiger partial charge in [-0.1, -0.05) is 6.92 Å². The lowest BCUT2D eigenvalue weighted by Crippen LogP contribution is -2.34. The fourth-order valence-electron chi connectivity index (χ4n) is 3.38. The van der Waals surface area contributed by atoms with E-state index >= 15 is 0 Å².